The van der Waals surface area contributed by atoms with Gasteiger partial charge in [0.25, 0.3) is 0 Å². The molecular formula is C13H16N2O2S. The molecule has 0 aromatic heterocycles. The molecule has 0 atom stereocenters. The maximum atomic E-state index is 12.3. The molecule has 0 bridgehead atoms. The first kappa shape index (κ1) is 13.1. The number of benzene rings is 1. The standard InChI is InChI=1S/C13H16N2O2S/c14-8-4-6-12-5-3-7-13(11-12)18(16,17)15-9-1-2-10-15/h3,5,7,11H,1-2,8-10,14H2. The highest BCUT2D eigenvalue weighted by atomic mass is 32.2. The van der Waals surface area contributed by atoms with E-state index < -0.39 is 10.0 Å². The normalized spacial score (nSPS) is 16.3. The minimum Gasteiger partial charge on any atom is -0.320 e. The van der Waals surface area contributed by atoms with Crippen LogP contribution in [0.15, 0.2) is 29.2 Å². The van der Waals surface area contributed by atoms with Gasteiger partial charge in [-0.1, -0.05) is 17.9 Å². The van der Waals surface area contributed by atoms with Gasteiger partial charge in [0, 0.05) is 18.7 Å². The quantitative estimate of drug-likeness (QED) is 0.803. The summed E-state index contributed by atoms with van der Waals surface area (Å²) >= 11 is 0. The molecule has 0 radical (unpaired) electrons. The van der Waals surface area contributed by atoms with Gasteiger partial charge in [-0.15, -0.1) is 0 Å². The molecule has 0 saturated carbocycles. The summed E-state index contributed by atoms with van der Waals surface area (Å²) in [4.78, 5) is 0.313. The third kappa shape index (κ3) is 2.72. The summed E-state index contributed by atoms with van der Waals surface area (Å²) in [5, 5.41) is 0. The van der Waals surface area contributed by atoms with Gasteiger partial charge in [-0.3, -0.25) is 0 Å². The van der Waals surface area contributed by atoms with E-state index in [0.717, 1.165) is 12.8 Å². The molecule has 1 fully saturated rings. The van der Waals surface area contributed by atoms with E-state index in [9.17, 15) is 8.42 Å². The van der Waals surface area contributed by atoms with Crippen molar-refractivity contribution in [2.24, 2.45) is 5.73 Å². The summed E-state index contributed by atoms with van der Waals surface area (Å²) in [6.07, 6.45) is 1.87. The van der Waals surface area contributed by atoms with Crippen molar-refractivity contribution in [1.82, 2.24) is 4.31 Å². The summed E-state index contributed by atoms with van der Waals surface area (Å²) in [5.41, 5.74) is 5.98. The average Bonchev–Trinajstić information content (AvgIpc) is 2.91. The first-order valence-corrected chi connectivity index (χ1v) is 7.38. The number of hydrogen-bond acceptors (Lipinski definition) is 3. The van der Waals surface area contributed by atoms with E-state index in [4.69, 9.17) is 5.73 Å². The second-order valence-corrected chi connectivity index (χ2v) is 6.08. The van der Waals surface area contributed by atoms with E-state index in [-0.39, 0.29) is 6.54 Å². The first-order valence-electron chi connectivity index (χ1n) is 5.94. The lowest BCUT2D eigenvalue weighted by Crippen LogP contribution is -2.27. The number of hydrogen-bond donors (Lipinski definition) is 1. The lowest BCUT2D eigenvalue weighted by Gasteiger charge is -2.15. The molecule has 0 amide bonds. The summed E-state index contributed by atoms with van der Waals surface area (Å²) in [7, 11) is -3.35. The third-order valence-electron chi connectivity index (χ3n) is 2.87. The monoisotopic (exact) mass is 264 g/mol. The second-order valence-electron chi connectivity index (χ2n) is 4.14. The molecule has 2 rings (SSSR count). The molecule has 0 spiro atoms. The predicted molar refractivity (Wildman–Crippen MR) is 70.4 cm³/mol. The third-order valence-corrected chi connectivity index (χ3v) is 4.77. The lowest BCUT2D eigenvalue weighted by molar-refractivity contribution is 0.477. The fourth-order valence-corrected chi connectivity index (χ4v) is 3.53. The Hall–Kier alpha value is -1.35. The molecule has 4 nitrogen and oxygen atoms in total. The fraction of sp³-hybridized carbons (Fsp3) is 0.385. The fourth-order valence-electron chi connectivity index (χ4n) is 1.96. The largest absolute Gasteiger partial charge is 0.320 e. The Balaban J connectivity index is 2.32. The van der Waals surface area contributed by atoms with Crippen LogP contribution in [-0.4, -0.2) is 32.4 Å². The van der Waals surface area contributed by atoms with Crippen LogP contribution in [0.4, 0.5) is 0 Å². The molecular weight excluding hydrogens is 248 g/mol. The topological polar surface area (TPSA) is 63.4 Å². The maximum absolute atomic E-state index is 12.3. The smallest absolute Gasteiger partial charge is 0.243 e. The summed E-state index contributed by atoms with van der Waals surface area (Å²) in [5.74, 6) is 5.57. The van der Waals surface area contributed by atoms with Crippen molar-refractivity contribution in [2.75, 3.05) is 19.6 Å². The van der Waals surface area contributed by atoms with Gasteiger partial charge >= 0.3 is 0 Å². The molecule has 1 saturated heterocycles. The van der Waals surface area contributed by atoms with Crippen LogP contribution >= 0.6 is 0 Å². The van der Waals surface area contributed by atoms with Crippen LogP contribution in [0.25, 0.3) is 0 Å². The SMILES string of the molecule is NCC#Cc1cccc(S(=O)(=O)N2CCCC2)c1. The van der Waals surface area contributed by atoms with Gasteiger partial charge in [-0.25, -0.2) is 8.42 Å². The van der Waals surface area contributed by atoms with Gasteiger partial charge in [0.15, 0.2) is 0 Å². The zero-order valence-electron chi connectivity index (χ0n) is 10.1. The van der Waals surface area contributed by atoms with Crippen molar-refractivity contribution in [3.63, 3.8) is 0 Å². The molecule has 1 aromatic carbocycles. The highest BCUT2D eigenvalue weighted by Gasteiger charge is 2.26. The Morgan fingerprint density at radius 3 is 2.67 bits per heavy atom. The van der Waals surface area contributed by atoms with Crippen LogP contribution in [0, 0.1) is 11.8 Å². The van der Waals surface area contributed by atoms with Crippen LogP contribution in [0.1, 0.15) is 18.4 Å². The zero-order chi connectivity index (χ0) is 13.0. The van der Waals surface area contributed by atoms with E-state index >= 15 is 0 Å². The van der Waals surface area contributed by atoms with E-state index in [0.29, 0.717) is 23.5 Å². The average molecular weight is 264 g/mol. The van der Waals surface area contributed by atoms with Gasteiger partial charge in [0.05, 0.1) is 11.4 Å². The molecule has 0 aliphatic carbocycles. The van der Waals surface area contributed by atoms with Crippen LogP contribution in [-0.2, 0) is 10.0 Å². The Labute approximate surface area is 108 Å². The van der Waals surface area contributed by atoms with Crippen molar-refractivity contribution < 1.29 is 8.42 Å². The van der Waals surface area contributed by atoms with Crippen molar-refractivity contribution in [3.8, 4) is 11.8 Å². The van der Waals surface area contributed by atoms with Crippen molar-refractivity contribution in [3.05, 3.63) is 29.8 Å². The number of nitrogens with zero attached hydrogens (tertiary/aromatic N) is 1. The van der Waals surface area contributed by atoms with Gasteiger partial charge in [0.1, 0.15) is 0 Å². The van der Waals surface area contributed by atoms with Crippen molar-refractivity contribution in [1.29, 1.82) is 0 Å². The molecule has 1 heterocycles. The van der Waals surface area contributed by atoms with Crippen LogP contribution < -0.4 is 5.73 Å². The van der Waals surface area contributed by atoms with Gasteiger partial charge in [-0.2, -0.15) is 4.31 Å². The molecule has 1 aliphatic heterocycles. The molecule has 2 N–H and O–H groups in total. The maximum Gasteiger partial charge on any atom is 0.243 e. The number of rotatable bonds is 2. The van der Waals surface area contributed by atoms with Crippen LogP contribution in [0.2, 0.25) is 0 Å². The zero-order valence-corrected chi connectivity index (χ0v) is 10.9. The second kappa shape index (κ2) is 5.53. The van der Waals surface area contributed by atoms with Gasteiger partial charge in [-0.05, 0) is 31.0 Å². The van der Waals surface area contributed by atoms with E-state index in [2.05, 4.69) is 11.8 Å². The predicted octanol–water partition coefficient (Wildman–Crippen LogP) is 0.781. The van der Waals surface area contributed by atoms with Crippen LogP contribution in [0.3, 0.4) is 0 Å². The summed E-state index contributed by atoms with van der Waals surface area (Å²) in [6.45, 7) is 1.49. The Kier molecular flexibility index (Phi) is 4.02. The van der Waals surface area contributed by atoms with Crippen molar-refractivity contribution >= 4 is 10.0 Å². The molecule has 5 heteroatoms. The summed E-state index contributed by atoms with van der Waals surface area (Å²) in [6, 6.07) is 6.72. The highest BCUT2D eigenvalue weighted by molar-refractivity contribution is 7.89. The van der Waals surface area contributed by atoms with E-state index in [1.54, 1.807) is 24.3 Å². The Morgan fingerprint density at radius 1 is 1.28 bits per heavy atom. The Morgan fingerprint density at radius 2 is 2.00 bits per heavy atom. The van der Waals surface area contributed by atoms with Crippen molar-refractivity contribution in [2.45, 2.75) is 17.7 Å². The molecule has 18 heavy (non-hydrogen) atoms. The molecule has 96 valence electrons. The van der Waals surface area contributed by atoms with E-state index in [1.807, 2.05) is 0 Å². The number of nitrogens with two attached hydrogens (primary N) is 1. The van der Waals surface area contributed by atoms with Gasteiger partial charge < -0.3 is 5.73 Å². The number of sulfonamides is 1. The lowest BCUT2D eigenvalue weighted by atomic mass is 10.2. The molecule has 1 aliphatic rings. The molecule has 0 unspecified atom stereocenters. The minimum absolute atomic E-state index is 0.267. The van der Waals surface area contributed by atoms with Gasteiger partial charge in [0.2, 0.25) is 10.0 Å². The summed E-state index contributed by atoms with van der Waals surface area (Å²) < 4.78 is 26.2. The molecule has 1 aromatic rings. The Bertz CT molecular complexity index is 578. The first-order chi connectivity index (χ1) is 8.64. The van der Waals surface area contributed by atoms with Crippen LogP contribution in [0.5, 0.6) is 0 Å². The highest BCUT2D eigenvalue weighted by Crippen LogP contribution is 2.21. The van der Waals surface area contributed by atoms with E-state index in [1.165, 1.54) is 4.31 Å². The minimum atomic E-state index is -3.35.